The highest BCUT2D eigenvalue weighted by Crippen LogP contribution is 2.36. The van der Waals surface area contributed by atoms with Crippen molar-refractivity contribution in [1.29, 1.82) is 0 Å². The number of aliphatic hydroxyl groups excluding tert-OH is 1. The lowest BCUT2D eigenvalue weighted by molar-refractivity contribution is -0.133. The van der Waals surface area contributed by atoms with Crippen molar-refractivity contribution in [1.82, 2.24) is 25.2 Å². The van der Waals surface area contributed by atoms with Crippen LogP contribution in [0.1, 0.15) is 24.3 Å². The van der Waals surface area contributed by atoms with E-state index in [4.69, 9.17) is 9.52 Å². The number of nitrogens with zero attached hydrogens (tertiary/aromatic N) is 4. The lowest BCUT2D eigenvalue weighted by Crippen LogP contribution is -2.57. The molecule has 4 atom stereocenters. The average Bonchev–Trinajstić information content (AvgIpc) is 3.33. The zero-order valence-electron chi connectivity index (χ0n) is 14.8. The molecule has 8 heteroatoms. The lowest BCUT2D eigenvalue weighted by Gasteiger charge is -2.49. The van der Waals surface area contributed by atoms with Crippen LogP contribution in [-0.2, 0) is 24.3 Å². The maximum Gasteiger partial charge on any atom is 0.225 e. The van der Waals surface area contributed by atoms with E-state index in [-0.39, 0.29) is 18.4 Å². The van der Waals surface area contributed by atoms with Crippen LogP contribution in [0.15, 0.2) is 29.0 Å². The minimum absolute atomic E-state index is 0.0515. The van der Waals surface area contributed by atoms with Crippen molar-refractivity contribution in [2.24, 2.45) is 11.8 Å². The molecule has 2 aromatic rings. The molecule has 0 aliphatic carbocycles. The number of hydrogen-bond donors (Lipinski definition) is 2. The third kappa shape index (κ3) is 3.66. The van der Waals surface area contributed by atoms with Crippen LogP contribution < -0.4 is 5.32 Å². The van der Waals surface area contributed by atoms with Crippen molar-refractivity contribution in [2.75, 3.05) is 19.7 Å². The van der Waals surface area contributed by atoms with E-state index in [2.05, 4.69) is 20.5 Å². The molecule has 1 amide bonds. The smallest absolute Gasteiger partial charge is 0.225 e. The number of furan rings is 1. The predicted octanol–water partition coefficient (Wildman–Crippen LogP) is 0.433. The number of amides is 1. The molecule has 5 rings (SSSR count). The summed E-state index contributed by atoms with van der Waals surface area (Å²) >= 11 is 0. The summed E-state index contributed by atoms with van der Waals surface area (Å²) in [5.41, 5.74) is 0.818. The van der Waals surface area contributed by atoms with E-state index < -0.39 is 0 Å². The first-order valence-corrected chi connectivity index (χ1v) is 9.27. The molecule has 1 unspecified atom stereocenters. The number of aliphatic hydroxyl groups is 1. The third-order valence-corrected chi connectivity index (χ3v) is 5.58. The Morgan fingerprint density at radius 2 is 2.38 bits per heavy atom. The van der Waals surface area contributed by atoms with Gasteiger partial charge in [-0.2, -0.15) is 0 Å². The van der Waals surface area contributed by atoms with Crippen LogP contribution >= 0.6 is 0 Å². The normalized spacial score (nSPS) is 27.6. The molecule has 26 heavy (non-hydrogen) atoms. The molecule has 140 valence electrons. The molecule has 2 bridgehead atoms. The first-order valence-electron chi connectivity index (χ1n) is 9.27. The summed E-state index contributed by atoms with van der Waals surface area (Å²) in [6.07, 6.45) is 6.15. The van der Waals surface area contributed by atoms with Gasteiger partial charge in [-0.3, -0.25) is 14.4 Å². The van der Waals surface area contributed by atoms with E-state index in [9.17, 15) is 4.79 Å². The molecule has 0 spiro atoms. The van der Waals surface area contributed by atoms with Crippen LogP contribution in [0.3, 0.4) is 0 Å². The fourth-order valence-electron chi connectivity index (χ4n) is 4.22. The fourth-order valence-corrected chi connectivity index (χ4v) is 4.22. The number of fused-ring (bicyclic) bond motifs is 3. The largest absolute Gasteiger partial charge is 0.467 e. The summed E-state index contributed by atoms with van der Waals surface area (Å²) < 4.78 is 7.14. The number of carbonyl (C=O) groups is 1. The van der Waals surface area contributed by atoms with Gasteiger partial charge in [0, 0.05) is 31.8 Å². The minimum Gasteiger partial charge on any atom is -0.467 e. The number of piperidine rings is 3. The number of carbonyl (C=O) groups excluding carboxylic acids is 1. The van der Waals surface area contributed by atoms with Crippen LogP contribution in [0.25, 0.3) is 0 Å². The molecular formula is C18H25N5O3. The maximum absolute atomic E-state index is 12.6. The van der Waals surface area contributed by atoms with E-state index in [1.54, 1.807) is 6.26 Å². The molecular weight excluding hydrogens is 334 g/mol. The Labute approximate surface area is 152 Å². The van der Waals surface area contributed by atoms with Gasteiger partial charge in [0.1, 0.15) is 5.76 Å². The number of rotatable bonds is 7. The Morgan fingerprint density at radius 3 is 3.12 bits per heavy atom. The molecule has 8 nitrogen and oxygen atoms in total. The standard InChI is InChI=1S/C18H25N5O3/c24-6-4-14-10-23(21-20-14)11-15-8-13-3-5-22(15)12-17(13)18(25)19-9-16-2-1-7-26-16/h1-2,7,10,13,15,17,24H,3-6,8-9,11-12H2,(H,19,25)/t13-,15+,17+/m0/s1. The maximum atomic E-state index is 12.6. The highest BCUT2D eigenvalue weighted by Gasteiger charge is 2.43. The van der Waals surface area contributed by atoms with Gasteiger partial charge >= 0.3 is 0 Å². The summed E-state index contributed by atoms with van der Waals surface area (Å²) in [4.78, 5) is 15.0. The van der Waals surface area contributed by atoms with Gasteiger partial charge in [-0.15, -0.1) is 5.10 Å². The van der Waals surface area contributed by atoms with Crippen LogP contribution in [-0.4, -0.2) is 56.6 Å². The highest BCUT2D eigenvalue weighted by atomic mass is 16.3. The molecule has 0 saturated carbocycles. The second-order valence-electron chi connectivity index (χ2n) is 7.24. The van der Waals surface area contributed by atoms with Crippen molar-refractivity contribution in [3.05, 3.63) is 36.0 Å². The first-order chi connectivity index (χ1) is 12.7. The van der Waals surface area contributed by atoms with Gasteiger partial charge in [-0.1, -0.05) is 5.21 Å². The Morgan fingerprint density at radius 1 is 1.46 bits per heavy atom. The van der Waals surface area contributed by atoms with Crippen LogP contribution in [0.4, 0.5) is 0 Å². The second-order valence-corrected chi connectivity index (χ2v) is 7.24. The van der Waals surface area contributed by atoms with Crippen molar-refractivity contribution >= 4 is 5.91 Å². The molecule has 5 heterocycles. The third-order valence-electron chi connectivity index (χ3n) is 5.58. The van der Waals surface area contributed by atoms with Gasteiger partial charge in [0.25, 0.3) is 0 Å². The molecule has 3 fully saturated rings. The van der Waals surface area contributed by atoms with E-state index in [0.717, 1.165) is 43.9 Å². The monoisotopic (exact) mass is 359 g/mol. The van der Waals surface area contributed by atoms with Crippen LogP contribution in [0.2, 0.25) is 0 Å². The van der Waals surface area contributed by atoms with Gasteiger partial charge < -0.3 is 14.8 Å². The highest BCUT2D eigenvalue weighted by molar-refractivity contribution is 5.79. The van der Waals surface area contributed by atoms with Crippen molar-refractivity contribution in [2.45, 2.75) is 38.4 Å². The van der Waals surface area contributed by atoms with E-state index in [1.807, 2.05) is 23.0 Å². The Hall–Kier alpha value is -2.19. The summed E-state index contributed by atoms with van der Waals surface area (Å²) in [5.74, 6) is 1.38. The molecule has 0 aromatic carbocycles. The second kappa shape index (κ2) is 7.59. The Balaban J connectivity index is 1.32. The fraction of sp³-hybridized carbons (Fsp3) is 0.611. The van der Waals surface area contributed by atoms with E-state index in [1.165, 1.54) is 0 Å². The van der Waals surface area contributed by atoms with Crippen molar-refractivity contribution < 1.29 is 14.3 Å². The van der Waals surface area contributed by atoms with Gasteiger partial charge in [0.15, 0.2) is 0 Å². The quantitative estimate of drug-likeness (QED) is 0.744. The summed E-state index contributed by atoms with van der Waals surface area (Å²) in [5, 5.41) is 20.3. The predicted molar refractivity (Wildman–Crippen MR) is 92.9 cm³/mol. The summed E-state index contributed by atoms with van der Waals surface area (Å²) in [6, 6.07) is 4.10. The summed E-state index contributed by atoms with van der Waals surface area (Å²) in [7, 11) is 0. The van der Waals surface area contributed by atoms with Crippen molar-refractivity contribution in [3.8, 4) is 0 Å². The zero-order chi connectivity index (χ0) is 17.9. The molecule has 3 aliphatic heterocycles. The SMILES string of the molecule is O=C(NCc1ccco1)[C@@H]1CN2CC[C@H]1C[C@@H]2Cn1cc(CCO)nn1. The van der Waals surface area contributed by atoms with Crippen LogP contribution in [0.5, 0.6) is 0 Å². The van der Waals surface area contributed by atoms with E-state index >= 15 is 0 Å². The Kier molecular flexibility index (Phi) is 5.03. The summed E-state index contributed by atoms with van der Waals surface area (Å²) in [6.45, 7) is 3.17. The zero-order valence-corrected chi connectivity index (χ0v) is 14.8. The number of hydrogen-bond acceptors (Lipinski definition) is 6. The molecule has 3 saturated heterocycles. The average molecular weight is 359 g/mol. The Bertz CT molecular complexity index is 729. The topological polar surface area (TPSA) is 96.4 Å². The van der Waals surface area contributed by atoms with Gasteiger partial charge in [0.05, 0.1) is 31.0 Å². The molecule has 2 N–H and O–H groups in total. The van der Waals surface area contributed by atoms with Gasteiger partial charge in [-0.25, -0.2) is 0 Å². The van der Waals surface area contributed by atoms with Crippen LogP contribution in [0, 0.1) is 11.8 Å². The molecule has 3 aliphatic rings. The van der Waals surface area contributed by atoms with Crippen molar-refractivity contribution in [3.63, 3.8) is 0 Å². The number of nitrogens with one attached hydrogen (secondary N) is 1. The molecule has 0 radical (unpaired) electrons. The number of aromatic nitrogens is 3. The molecule has 2 aromatic heterocycles. The van der Waals surface area contributed by atoms with Gasteiger partial charge in [0.2, 0.25) is 5.91 Å². The lowest BCUT2D eigenvalue weighted by atomic mass is 9.75. The van der Waals surface area contributed by atoms with E-state index in [0.29, 0.717) is 24.9 Å². The van der Waals surface area contributed by atoms with Gasteiger partial charge in [-0.05, 0) is 37.4 Å². The first kappa shape index (κ1) is 17.2. The minimum atomic E-state index is 0.0515.